The number of amides is 1. The van der Waals surface area contributed by atoms with Gasteiger partial charge in [0.15, 0.2) is 11.0 Å². The van der Waals surface area contributed by atoms with Crippen molar-refractivity contribution in [3.8, 4) is 11.4 Å². The first kappa shape index (κ1) is 20.1. The number of nitrogens with one attached hydrogen (secondary N) is 1. The van der Waals surface area contributed by atoms with Crippen molar-refractivity contribution in [3.63, 3.8) is 0 Å². The lowest BCUT2D eigenvalue weighted by Gasteiger charge is -2.15. The highest BCUT2D eigenvalue weighted by molar-refractivity contribution is 7.99. The number of hydrogen-bond donors (Lipinski definition) is 1. The highest BCUT2D eigenvalue weighted by Crippen LogP contribution is 2.23. The number of carbonyl (C=O) groups is 1. The summed E-state index contributed by atoms with van der Waals surface area (Å²) in [6.45, 7) is 6.11. The molecule has 1 atom stereocenters. The van der Waals surface area contributed by atoms with E-state index in [0.717, 1.165) is 11.1 Å². The average Bonchev–Trinajstić information content (AvgIpc) is 3.03. The normalized spacial score (nSPS) is 12.0. The van der Waals surface area contributed by atoms with Gasteiger partial charge in [-0.2, -0.15) is 0 Å². The van der Waals surface area contributed by atoms with Crippen molar-refractivity contribution in [1.82, 2.24) is 20.1 Å². The molecule has 28 heavy (non-hydrogen) atoms. The summed E-state index contributed by atoms with van der Waals surface area (Å²) in [5.74, 6) is 0.508. The first-order valence-corrected chi connectivity index (χ1v) is 9.98. The molecule has 1 N–H and O–H groups in total. The first-order valence-electron chi connectivity index (χ1n) is 9.00. The van der Waals surface area contributed by atoms with Gasteiger partial charge in [-0.05, 0) is 61.7 Å². The van der Waals surface area contributed by atoms with Gasteiger partial charge in [0.1, 0.15) is 5.82 Å². The van der Waals surface area contributed by atoms with Crippen LogP contribution in [0.1, 0.15) is 29.7 Å². The van der Waals surface area contributed by atoms with E-state index in [0.29, 0.717) is 11.0 Å². The number of carbonyl (C=O) groups excluding carboxylic acids is 1. The molecule has 0 unspecified atom stereocenters. The Kier molecular flexibility index (Phi) is 6.14. The van der Waals surface area contributed by atoms with Crippen LogP contribution >= 0.6 is 11.8 Å². The number of halogens is 1. The van der Waals surface area contributed by atoms with Crippen molar-refractivity contribution in [1.29, 1.82) is 0 Å². The molecule has 0 aliphatic rings. The van der Waals surface area contributed by atoms with E-state index < -0.39 is 0 Å². The molecule has 7 heteroatoms. The van der Waals surface area contributed by atoms with Crippen molar-refractivity contribution in [3.05, 3.63) is 65.0 Å². The lowest BCUT2D eigenvalue weighted by Crippen LogP contribution is -2.28. The molecule has 0 saturated carbocycles. The predicted octanol–water partition coefficient (Wildman–Crippen LogP) is 4.21. The summed E-state index contributed by atoms with van der Waals surface area (Å²) in [5, 5.41) is 12.0. The van der Waals surface area contributed by atoms with Crippen LogP contribution in [0.4, 0.5) is 4.39 Å². The number of nitrogens with zero attached hydrogens (tertiary/aromatic N) is 3. The van der Waals surface area contributed by atoms with Crippen LogP contribution < -0.4 is 5.32 Å². The van der Waals surface area contributed by atoms with Gasteiger partial charge in [-0.15, -0.1) is 10.2 Å². The number of thioether (sulfide) groups is 1. The third kappa shape index (κ3) is 4.59. The van der Waals surface area contributed by atoms with Crippen molar-refractivity contribution in [2.24, 2.45) is 7.05 Å². The molecule has 0 spiro atoms. The molecule has 0 radical (unpaired) electrons. The molecule has 0 aliphatic heterocycles. The van der Waals surface area contributed by atoms with Crippen LogP contribution in [0.2, 0.25) is 0 Å². The average molecular weight is 399 g/mol. The maximum atomic E-state index is 13.1. The Morgan fingerprint density at radius 1 is 1.14 bits per heavy atom. The number of aromatic nitrogens is 3. The molecular formula is C21H23FN4OS. The quantitative estimate of drug-likeness (QED) is 0.632. The van der Waals surface area contributed by atoms with E-state index in [1.165, 1.54) is 35.0 Å². The van der Waals surface area contributed by atoms with E-state index in [9.17, 15) is 9.18 Å². The predicted molar refractivity (Wildman–Crippen MR) is 110 cm³/mol. The Hall–Kier alpha value is -2.67. The standard InChI is InChI=1S/C21H23FN4OS/c1-13-5-6-17(11-14(13)2)15(3)23-19(27)12-28-21-25-24-20(26(21)4)16-7-9-18(22)10-8-16/h5-11,15H,12H2,1-4H3,(H,23,27)/t15-/m1/s1. The number of benzene rings is 2. The fourth-order valence-electron chi connectivity index (χ4n) is 2.82. The van der Waals surface area contributed by atoms with Gasteiger partial charge in [0.25, 0.3) is 0 Å². The smallest absolute Gasteiger partial charge is 0.230 e. The highest BCUT2D eigenvalue weighted by Gasteiger charge is 2.15. The summed E-state index contributed by atoms with van der Waals surface area (Å²) in [5.41, 5.74) is 4.30. The van der Waals surface area contributed by atoms with Crippen LogP contribution in [0, 0.1) is 19.7 Å². The maximum Gasteiger partial charge on any atom is 0.230 e. The molecule has 1 aromatic heterocycles. The second kappa shape index (κ2) is 8.56. The van der Waals surface area contributed by atoms with Gasteiger partial charge in [0.05, 0.1) is 11.8 Å². The van der Waals surface area contributed by atoms with Gasteiger partial charge in [0.2, 0.25) is 5.91 Å². The van der Waals surface area contributed by atoms with Crippen LogP contribution in [-0.4, -0.2) is 26.4 Å². The zero-order valence-corrected chi connectivity index (χ0v) is 17.2. The van der Waals surface area contributed by atoms with Crippen LogP contribution in [0.15, 0.2) is 47.6 Å². The summed E-state index contributed by atoms with van der Waals surface area (Å²) >= 11 is 1.32. The molecular weight excluding hydrogens is 375 g/mol. The van der Waals surface area contributed by atoms with Gasteiger partial charge in [0, 0.05) is 12.6 Å². The number of rotatable bonds is 6. The third-order valence-corrected chi connectivity index (χ3v) is 5.70. The van der Waals surface area contributed by atoms with E-state index in [1.54, 1.807) is 16.7 Å². The van der Waals surface area contributed by atoms with Gasteiger partial charge in [-0.25, -0.2) is 4.39 Å². The fraction of sp³-hybridized carbons (Fsp3) is 0.286. The van der Waals surface area contributed by atoms with E-state index in [-0.39, 0.29) is 23.5 Å². The summed E-state index contributed by atoms with van der Waals surface area (Å²) < 4.78 is 14.9. The molecule has 1 heterocycles. The van der Waals surface area contributed by atoms with Crippen LogP contribution in [0.25, 0.3) is 11.4 Å². The van der Waals surface area contributed by atoms with Crippen LogP contribution in [0.3, 0.4) is 0 Å². The summed E-state index contributed by atoms with van der Waals surface area (Å²) in [4.78, 5) is 12.3. The molecule has 1 amide bonds. The van der Waals surface area contributed by atoms with Gasteiger partial charge < -0.3 is 9.88 Å². The Balaban J connectivity index is 1.60. The molecule has 2 aromatic carbocycles. The highest BCUT2D eigenvalue weighted by atomic mass is 32.2. The molecule has 3 rings (SSSR count). The van der Waals surface area contributed by atoms with Crippen LogP contribution in [0.5, 0.6) is 0 Å². The van der Waals surface area contributed by atoms with E-state index in [2.05, 4.69) is 41.5 Å². The Morgan fingerprint density at radius 2 is 1.86 bits per heavy atom. The summed E-state index contributed by atoms with van der Waals surface area (Å²) in [7, 11) is 1.83. The number of aryl methyl sites for hydroxylation is 2. The molecule has 0 fully saturated rings. The fourth-order valence-corrected chi connectivity index (χ4v) is 3.54. The van der Waals surface area contributed by atoms with Gasteiger partial charge in [-0.1, -0.05) is 30.0 Å². The molecule has 0 aliphatic carbocycles. The molecule has 146 valence electrons. The monoisotopic (exact) mass is 398 g/mol. The third-order valence-electron chi connectivity index (χ3n) is 4.68. The first-order chi connectivity index (χ1) is 13.3. The lowest BCUT2D eigenvalue weighted by atomic mass is 10.0. The van der Waals surface area contributed by atoms with Gasteiger partial charge in [-0.3, -0.25) is 4.79 Å². The zero-order chi connectivity index (χ0) is 20.3. The Labute approximate surface area is 168 Å². The zero-order valence-electron chi connectivity index (χ0n) is 16.4. The molecule has 0 bridgehead atoms. The molecule has 3 aromatic rings. The maximum absolute atomic E-state index is 13.1. The van der Waals surface area contributed by atoms with Crippen molar-refractivity contribution >= 4 is 17.7 Å². The van der Waals surface area contributed by atoms with Crippen molar-refractivity contribution in [2.75, 3.05) is 5.75 Å². The summed E-state index contributed by atoms with van der Waals surface area (Å²) in [6.07, 6.45) is 0. The Bertz CT molecular complexity index is 985. The van der Waals surface area contributed by atoms with E-state index in [1.807, 2.05) is 20.0 Å². The minimum atomic E-state index is -0.296. The minimum Gasteiger partial charge on any atom is -0.349 e. The SMILES string of the molecule is Cc1ccc([C@@H](C)NC(=O)CSc2nnc(-c3ccc(F)cc3)n2C)cc1C. The Morgan fingerprint density at radius 3 is 2.54 bits per heavy atom. The lowest BCUT2D eigenvalue weighted by molar-refractivity contribution is -0.119. The van der Waals surface area contributed by atoms with E-state index >= 15 is 0 Å². The van der Waals surface area contributed by atoms with Crippen LogP contribution in [-0.2, 0) is 11.8 Å². The largest absolute Gasteiger partial charge is 0.349 e. The van der Waals surface area contributed by atoms with Crippen molar-refractivity contribution in [2.45, 2.75) is 32.0 Å². The second-order valence-electron chi connectivity index (χ2n) is 6.79. The van der Waals surface area contributed by atoms with Gasteiger partial charge >= 0.3 is 0 Å². The second-order valence-corrected chi connectivity index (χ2v) is 7.74. The topological polar surface area (TPSA) is 59.8 Å². The molecule has 0 saturated heterocycles. The van der Waals surface area contributed by atoms with E-state index in [4.69, 9.17) is 0 Å². The molecule has 5 nitrogen and oxygen atoms in total. The number of hydrogen-bond acceptors (Lipinski definition) is 4. The van der Waals surface area contributed by atoms with Crippen molar-refractivity contribution < 1.29 is 9.18 Å². The minimum absolute atomic E-state index is 0.0675. The summed E-state index contributed by atoms with van der Waals surface area (Å²) in [6, 6.07) is 12.2.